The van der Waals surface area contributed by atoms with E-state index < -0.39 is 0 Å². The number of aliphatic imine (C=N–C) groups is 1. The number of nitrogens with zero attached hydrogens (tertiary/aromatic N) is 5. The molecule has 0 atom stereocenters. The molecule has 2 aromatic carbocycles. The van der Waals surface area contributed by atoms with Crippen molar-refractivity contribution in [3.63, 3.8) is 0 Å². The molecule has 0 saturated carbocycles. The molecule has 0 unspecified atom stereocenters. The Morgan fingerprint density at radius 1 is 0.926 bits per heavy atom. The number of nitrogens with one attached hydrogen (secondary N) is 1. The third-order valence-corrected chi connectivity index (χ3v) is 5.06. The molecule has 0 bridgehead atoms. The first-order valence-electron chi connectivity index (χ1n) is 8.94. The zero-order valence-corrected chi connectivity index (χ0v) is 15.9. The van der Waals surface area contributed by atoms with Gasteiger partial charge in [-0.25, -0.2) is 0 Å². The Labute approximate surface area is 163 Å². The Kier molecular flexibility index (Phi) is 5.07. The monoisotopic (exact) mass is 380 g/mol. The predicted molar refractivity (Wildman–Crippen MR) is 111 cm³/mol. The van der Waals surface area contributed by atoms with Gasteiger partial charge >= 0.3 is 0 Å². The van der Waals surface area contributed by atoms with Crippen molar-refractivity contribution in [1.82, 2.24) is 15.4 Å². The largest absolute Gasteiger partial charge is 0.368 e. The molecule has 0 spiro atoms. The van der Waals surface area contributed by atoms with Crippen LogP contribution in [0.15, 0.2) is 53.5 Å². The molecule has 138 valence electrons. The summed E-state index contributed by atoms with van der Waals surface area (Å²) in [5.74, 6) is 0. The van der Waals surface area contributed by atoms with Crippen LogP contribution in [0.1, 0.15) is 5.69 Å². The molecule has 1 saturated heterocycles. The van der Waals surface area contributed by atoms with E-state index in [2.05, 4.69) is 66.6 Å². The minimum absolute atomic E-state index is 0.776. The molecule has 0 amide bonds. The van der Waals surface area contributed by atoms with Gasteiger partial charge in [0.25, 0.3) is 0 Å². The lowest BCUT2D eigenvalue weighted by atomic mass is 10.1. The third kappa shape index (κ3) is 3.80. The molecule has 3 aromatic rings. The highest BCUT2D eigenvalue weighted by Crippen LogP contribution is 2.25. The van der Waals surface area contributed by atoms with Crippen molar-refractivity contribution in [2.45, 2.75) is 0 Å². The van der Waals surface area contributed by atoms with Gasteiger partial charge in [-0.2, -0.15) is 0 Å². The number of rotatable bonds is 4. The predicted octanol–water partition coefficient (Wildman–Crippen LogP) is 3.50. The number of piperazine rings is 1. The van der Waals surface area contributed by atoms with E-state index in [0.29, 0.717) is 0 Å². The molecule has 4 rings (SSSR count). The number of hydrogen-bond donors (Lipinski definition) is 1. The molecule has 27 heavy (non-hydrogen) atoms. The SMILES string of the molecule is C/N=C/c1[nH]nnc1-c1ccc(N2CCN(c3ccc(Cl)cc3)CC2)cc1. The molecule has 1 fully saturated rings. The average Bonchev–Trinajstić information content (AvgIpc) is 3.18. The summed E-state index contributed by atoms with van der Waals surface area (Å²) in [6.45, 7) is 3.95. The summed E-state index contributed by atoms with van der Waals surface area (Å²) in [6.07, 6.45) is 1.74. The van der Waals surface area contributed by atoms with Gasteiger partial charge in [-0.3, -0.25) is 10.1 Å². The number of aromatic nitrogens is 3. The number of H-pyrrole nitrogens is 1. The highest BCUT2D eigenvalue weighted by atomic mass is 35.5. The zero-order valence-electron chi connectivity index (χ0n) is 15.1. The molecule has 1 aliphatic heterocycles. The van der Waals surface area contributed by atoms with Crippen LogP contribution in [0.5, 0.6) is 0 Å². The maximum absolute atomic E-state index is 5.99. The Balaban J connectivity index is 1.43. The number of anilines is 2. The van der Waals surface area contributed by atoms with Gasteiger partial charge in [0.2, 0.25) is 0 Å². The molecular weight excluding hydrogens is 360 g/mol. The van der Waals surface area contributed by atoms with Crippen LogP contribution in [0.2, 0.25) is 5.02 Å². The van der Waals surface area contributed by atoms with E-state index in [4.69, 9.17) is 11.6 Å². The molecule has 0 radical (unpaired) electrons. The van der Waals surface area contributed by atoms with Gasteiger partial charge in [0.05, 0.1) is 0 Å². The van der Waals surface area contributed by atoms with Crippen LogP contribution in [0.25, 0.3) is 11.3 Å². The lowest BCUT2D eigenvalue weighted by molar-refractivity contribution is 0.653. The van der Waals surface area contributed by atoms with Crippen molar-refractivity contribution in [2.24, 2.45) is 4.99 Å². The molecule has 6 nitrogen and oxygen atoms in total. The van der Waals surface area contributed by atoms with Crippen LogP contribution in [-0.4, -0.2) is 54.9 Å². The van der Waals surface area contributed by atoms with E-state index >= 15 is 0 Å². The van der Waals surface area contributed by atoms with Gasteiger partial charge in [-0.05, 0) is 36.4 Å². The summed E-state index contributed by atoms with van der Waals surface area (Å²) in [5, 5.41) is 11.7. The Bertz CT molecular complexity index is 908. The van der Waals surface area contributed by atoms with Crippen molar-refractivity contribution < 1.29 is 0 Å². The fraction of sp³-hybridized carbons (Fsp3) is 0.250. The average molecular weight is 381 g/mol. The smallest absolute Gasteiger partial charge is 0.121 e. The normalized spacial score (nSPS) is 14.9. The van der Waals surface area contributed by atoms with Crippen LogP contribution in [-0.2, 0) is 0 Å². The van der Waals surface area contributed by atoms with Crippen molar-refractivity contribution in [3.05, 3.63) is 59.2 Å². The van der Waals surface area contributed by atoms with Gasteiger partial charge < -0.3 is 9.80 Å². The molecule has 1 N–H and O–H groups in total. The summed E-state index contributed by atoms with van der Waals surface area (Å²) in [4.78, 5) is 8.84. The number of benzene rings is 2. The van der Waals surface area contributed by atoms with Crippen molar-refractivity contribution >= 4 is 29.2 Å². The Hall–Kier alpha value is -2.86. The second kappa shape index (κ2) is 7.80. The van der Waals surface area contributed by atoms with Gasteiger partial charge in [0.15, 0.2) is 0 Å². The maximum Gasteiger partial charge on any atom is 0.121 e. The first kappa shape index (κ1) is 17.5. The van der Waals surface area contributed by atoms with Crippen LogP contribution < -0.4 is 9.80 Å². The van der Waals surface area contributed by atoms with E-state index in [9.17, 15) is 0 Å². The van der Waals surface area contributed by atoms with Crippen LogP contribution in [0.3, 0.4) is 0 Å². The van der Waals surface area contributed by atoms with E-state index in [0.717, 1.165) is 48.2 Å². The fourth-order valence-corrected chi connectivity index (χ4v) is 3.50. The first-order chi connectivity index (χ1) is 13.2. The van der Waals surface area contributed by atoms with E-state index in [1.165, 1.54) is 11.4 Å². The highest BCUT2D eigenvalue weighted by molar-refractivity contribution is 6.30. The van der Waals surface area contributed by atoms with Gasteiger partial charge in [-0.1, -0.05) is 28.9 Å². The topological polar surface area (TPSA) is 60.4 Å². The number of aromatic amines is 1. The zero-order chi connectivity index (χ0) is 18.6. The van der Waals surface area contributed by atoms with Crippen LogP contribution in [0, 0.1) is 0 Å². The van der Waals surface area contributed by atoms with Crippen molar-refractivity contribution in [3.8, 4) is 11.3 Å². The Morgan fingerprint density at radius 2 is 1.48 bits per heavy atom. The lowest BCUT2D eigenvalue weighted by Gasteiger charge is -2.37. The lowest BCUT2D eigenvalue weighted by Crippen LogP contribution is -2.46. The van der Waals surface area contributed by atoms with Crippen LogP contribution in [0.4, 0.5) is 11.4 Å². The second-order valence-electron chi connectivity index (χ2n) is 6.46. The van der Waals surface area contributed by atoms with Crippen molar-refractivity contribution in [1.29, 1.82) is 0 Å². The standard InChI is InChI=1S/C20H21ClN6/c1-22-14-19-20(24-25-23-19)15-2-6-17(7-3-15)26-10-12-27(13-11-26)18-8-4-16(21)5-9-18/h2-9,14H,10-13H2,1H3,(H,23,24,25)/b22-14+. The van der Waals surface area contributed by atoms with Crippen LogP contribution >= 0.6 is 11.6 Å². The summed E-state index contributed by atoms with van der Waals surface area (Å²) in [5.41, 5.74) is 5.12. The highest BCUT2D eigenvalue weighted by Gasteiger charge is 2.18. The Morgan fingerprint density at radius 3 is 2.04 bits per heavy atom. The minimum Gasteiger partial charge on any atom is -0.368 e. The maximum atomic E-state index is 5.99. The second-order valence-corrected chi connectivity index (χ2v) is 6.90. The summed E-state index contributed by atoms with van der Waals surface area (Å²) in [7, 11) is 1.73. The fourth-order valence-electron chi connectivity index (χ4n) is 3.37. The molecular formula is C20H21ClN6. The summed E-state index contributed by atoms with van der Waals surface area (Å²) < 4.78 is 0. The first-order valence-corrected chi connectivity index (χ1v) is 9.31. The number of halogens is 1. The molecule has 0 aliphatic carbocycles. The summed E-state index contributed by atoms with van der Waals surface area (Å²) in [6, 6.07) is 16.5. The van der Waals surface area contributed by atoms with Gasteiger partial charge in [-0.15, -0.1) is 5.10 Å². The summed E-state index contributed by atoms with van der Waals surface area (Å²) >= 11 is 5.99. The van der Waals surface area contributed by atoms with Crippen molar-refractivity contribution in [2.75, 3.05) is 43.0 Å². The quantitative estimate of drug-likeness (QED) is 0.704. The van der Waals surface area contributed by atoms with E-state index in [-0.39, 0.29) is 0 Å². The van der Waals surface area contributed by atoms with E-state index in [1.54, 1.807) is 13.3 Å². The number of hydrogen-bond acceptors (Lipinski definition) is 5. The molecule has 7 heteroatoms. The van der Waals surface area contributed by atoms with Gasteiger partial charge in [0.1, 0.15) is 11.4 Å². The third-order valence-electron chi connectivity index (χ3n) is 4.81. The van der Waals surface area contributed by atoms with E-state index in [1.807, 2.05) is 12.1 Å². The van der Waals surface area contributed by atoms with Gasteiger partial charge in [0, 0.05) is 61.4 Å². The molecule has 2 heterocycles. The molecule has 1 aliphatic rings. The molecule has 1 aromatic heterocycles. The minimum atomic E-state index is 0.776.